The van der Waals surface area contributed by atoms with Crippen molar-refractivity contribution in [3.05, 3.63) is 0 Å². The van der Waals surface area contributed by atoms with Crippen molar-refractivity contribution in [1.82, 2.24) is 0 Å². The highest BCUT2D eigenvalue weighted by atomic mass is 16.4. The first kappa shape index (κ1) is 12.4. The van der Waals surface area contributed by atoms with Crippen LogP contribution < -0.4 is 5.11 Å². The van der Waals surface area contributed by atoms with Crippen molar-refractivity contribution < 1.29 is 14.4 Å². The molecule has 0 saturated carbocycles. The van der Waals surface area contributed by atoms with Gasteiger partial charge in [-0.1, -0.05) is 6.92 Å². The normalized spacial score (nSPS) is 19.0. The first-order valence-corrected chi connectivity index (χ1v) is 5.01. The molecule has 0 bridgehead atoms. The van der Waals surface area contributed by atoms with Crippen molar-refractivity contribution in [1.29, 1.82) is 0 Å². The van der Waals surface area contributed by atoms with Crippen LogP contribution >= 0.6 is 0 Å². The van der Waals surface area contributed by atoms with Crippen LogP contribution in [0.2, 0.25) is 0 Å². The zero-order valence-corrected chi connectivity index (χ0v) is 9.01. The summed E-state index contributed by atoms with van der Waals surface area (Å²) in [4.78, 5) is 8.89. The molecule has 0 unspecified atom stereocenters. The van der Waals surface area contributed by atoms with Gasteiger partial charge >= 0.3 is 0 Å². The van der Waals surface area contributed by atoms with E-state index in [4.69, 9.17) is 9.90 Å². The van der Waals surface area contributed by atoms with Gasteiger partial charge in [-0.3, -0.25) is 0 Å². The fraction of sp³-hybridized carbons (Fsp3) is 0.900. The third kappa shape index (κ3) is 6.58. The summed E-state index contributed by atoms with van der Waals surface area (Å²) >= 11 is 0. The van der Waals surface area contributed by atoms with E-state index in [1.54, 1.807) is 0 Å². The predicted molar refractivity (Wildman–Crippen MR) is 51.0 cm³/mol. The van der Waals surface area contributed by atoms with Crippen LogP contribution in [0.3, 0.4) is 0 Å². The van der Waals surface area contributed by atoms with Crippen LogP contribution in [-0.2, 0) is 4.79 Å². The predicted octanol–water partition coefficient (Wildman–Crippen LogP) is 0.393. The Kier molecular flexibility index (Phi) is 5.71. The average molecular weight is 187 g/mol. The minimum absolute atomic E-state index is 0.972. The zero-order chi connectivity index (χ0) is 10.3. The second-order valence-corrected chi connectivity index (χ2v) is 3.99. The van der Waals surface area contributed by atoms with E-state index in [0.29, 0.717) is 0 Å². The van der Waals surface area contributed by atoms with Gasteiger partial charge in [-0.25, -0.2) is 0 Å². The van der Waals surface area contributed by atoms with Crippen LogP contribution in [0, 0.1) is 0 Å². The standard InChI is InChI=1S/C8H18N.C2H4O2/c1-3-6-9(2)7-4-5-8-9;1-2(3)4/h3-8H2,1-2H3;1H3,(H,3,4)/q+1;/p-1. The molecule has 1 aliphatic heterocycles. The minimum Gasteiger partial charge on any atom is -0.550 e. The molecule has 0 radical (unpaired) electrons. The first-order valence-electron chi connectivity index (χ1n) is 5.01. The number of carbonyl (C=O) groups excluding carboxylic acids is 1. The molecule has 0 spiro atoms. The monoisotopic (exact) mass is 187 g/mol. The molecule has 1 heterocycles. The number of hydrogen-bond donors (Lipinski definition) is 0. The Morgan fingerprint density at radius 3 is 2.08 bits per heavy atom. The molecule has 0 N–H and O–H groups in total. The van der Waals surface area contributed by atoms with Gasteiger partial charge in [-0.15, -0.1) is 0 Å². The van der Waals surface area contributed by atoms with E-state index in [-0.39, 0.29) is 0 Å². The first-order chi connectivity index (χ1) is 6.00. The molecule has 3 nitrogen and oxygen atoms in total. The Labute approximate surface area is 80.9 Å². The van der Waals surface area contributed by atoms with Crippen LogP contribution in [0.15, 0.2) is 0 Å². The summed E-state index contributed by atoms with van der Waals surface area (Å²) in [6, 6.07) is 0. The van der Waals surface area contributed by atoms with E-state index in [2.05, 4.69) is 14.0 Å². The molecule has 3 heteroatoms. The van der Waals surface area contributed by atoms with E-state index < -0.39 is 5.97 Å². The van der Waals surface area contributed by atoms with Crippen LogP contribution in [0.1, 0.15) is 33.1 Å². The smallest absolute Gasteiger partial charge is 0.0786 e. The van der Waals surface area contributed by atoms with Crippen LogP contribution in [0.5, 0.6) is 0 Å². The lowest BCUT2D eigenvalue weighted by Crippen LogP contribution is -2.41. The molecule has 0 aliphatic carbocycles. The summed E-state index contributed by atoms with van der Waals surface area (Å²) in [5, 5.41) is 8.89. The van der Waals surface area contributed by atoms with E-state index >= 15 is 0 Å². The number of carboxylic acids is 1. The zero-order valence-electron chi connectivity index (χ0n) is 9.01. The van der Waals surface area contributed by atoms with Gasteiger partial charge in [0.1, 0.15) is 0 Å². The topological polar surface area (TPSA) is 40.1 Å². The number of likely N-dealkylation sites (tertiary alicyclic amines) is 1. The molecular weight excluding hydrogens is 166 g/mol. The summed E-state index contributed by atoms with van der Waals surface area (Å²) in [5.41, 5.74) is 0. The van der Waals surface area contributed by atoms with E-state index in [9.17, 15) is 0 Å². The van der Waals surface area contributed by atoms with Gasteiger partial charge in [0.15, 0.2) is 0 Å². The van der Waals surface area contributed by atoms with E-state index in [1.807, 2.05) is 0 Å². The SMILES string of the molecule is CC(=O)[O-].CCC[N+]1(C)CCCC1. The number of quaternary nitrogens is 1. The van der Waals surface area contributed by atoms with Crippen molar-refractivity contribution >= 4 is 5.97 Å². The molecule has 1 rings (SSSR count). The molecule has 0 aromatic heterocycles. The van der Waals surface area contributed by atoms with E-state index in [0.717, 1.165) is 6.92 Å². The lowest BCUT2D eigenvalue weighted by molar-refractivity contribution is -0.897. The summed E-state index contributed by atoms with van der Waals surface area (Å²) < 4.78 is 1.34. The molecule has 1 fully saturated rings. The Morgan fingerprint density at radius 1 is 1.38 bits per heavy atom. The van der Waals surface area contributed by atoms with Crippen molar-refractivity contribution in [2.45, 2.75) is 33.1 Å². The van der Waals surface area contributed by atoms with Crippen LogP contribution in [-0.4, -0.2) is 37.1 Å². The number of carboxylic acid groups (broad SMARTS) is 1. The Bertz CT molecular complexity index is 147. The maximum absolute atomic E-state index is 8.89. The van der Waals surface area contributed by atoms with Crippen LogP contribution in [0.4, 0.5) is 0 Å². The lowest BCUT2D eigenvalue weighted by Gasteiger charge is -2.28. The van der Waals surface area contributed by atoms with Gasteiger partial charge in [0.05, 0.1) is 26.7 Å². The molecular formula is C10H21NO2. The maximum atomic E-state index is 8.89. The van der Waals surface area contributed by atoms with Gasteiger partial charge in [0, 0.05) is 18.8 Å². The highest BCUT2D eigenvalue weighted by molar-refractivity contribution is 5.60. The average Bonchev–Trinajstić information content (AvgIpc) is 2.35. The third-order valence-electron chi connectivity index (χ3n) is 2.41. The fourth-order valence-electron chi connectivity index (χ4n) is 1.86. The van der Waals surface area contributed by atoms with Gasteiger partial charge in [0.2, 0.25) is 0 Å². The number of carbonyl (C=O) groups is 1. The molecule has 0 aromatic carbocycles. The Morgan fingerprint density at radius 2 is 1.77 bits per heavy atom. The van der Waals surface area contributed by atoms with Gasteiger partial charge in [0.25, 0.3) is 0 Å². The summed E-state index contributed by atoms with van der Waals surface area (Å²) in [6.07, 6.45) is 4.25. The lowest BCUT2D eigenvalue weighted by atomic mass is 10.4. The quantitative estimate of drug-likeness (QED) is 0.587. The Balaban J connectivity index is 0.000000310. The van der Waals surface area contributed by atoms with Crippen molar-refractivity contribution in [3.63, 3.8) is 0 Å². The molecule has 0 amide bonds. The van der Waals surface area contributed by atoms with Crippen molar-refractivity contribution in [2.24, 2.45) is 0 Å². The Hall–Kier alpha value is -0.570. The molecule has 1 aliphatic rings. The minimum atomic E-state index is -1.08. The molecule has 0 atom stereocenters. The molecule has 1 saturated heterocycles. The highest BCUT2D eigenvalue weighted by Gasteiger charge is 2.24. The van der Waals surface area contributed by atoms with Gasteiger partial charge in [-0.2, -0.15) is 0 Å². The molecule has 0 aromatic rings. The number of rotatable bonds is 2. The van der Waals surface area contributed by atoms with Gasteiger partial charge in [-0.05, 0) is 13.3 Å². The third-order valence-corrected chi connectivity index (χ3v) is 2.41. The maximum Gasteiger partial charge on any atom is 0.0786 e. The summed E-state index contributed by atoms with van der Waals surface area (Å²) in [6.45, 7) is 7.49. The van der Waals surface area contributed by atoms with Crippen LogP contribution in [0.25, 0.3) is 0 Å². The summed E-state index contributed by atoms with van der Waals surface area (Å²) in [5.74, 6) is -1.08. The number of nitrogens with zero attached hydrogens (tertiary/aromatic N) is 1. The highest BCUT2D eigenvalue weighted by Crippen LogP contribution is 2.15. The molecule has 13 heavy (non-hydrogen) atoms. The van der Waals surface area contributed by atoms with Crippen molar-refractivity contribution in [2.75, 3.05) is 26.7 Å². The largest absolute Gasteiger partial charge is 0.550 e. The summed E-state index contributed by atoms with van der Waals surface area (Å²) in [7, 11) is 2.39. The van der Waals surface area contributed by atoms with Crippen molar-refractivity contribution in [3.8, 4) is 0 Å². The molecule has 78 valence electrons. The van der Waals surface area contributed by atoms with E-state index in [1.165, 1.54) is 43.4 Å². The number of hydrogen-bond acceptors (Lipinski definition) is 2. The van der Waals surface area contributed by atoms with Gasteiger partial charge < -0.3 is 14.4 Å². The number of aliphatic carboxylic acids is 1. The second-order valence-electron chi connectivity index (χ2n) is 3.99. The second kappa shape index (κ2) is 5.97. The fourth-order valence-corrected chi connectivity index (χ4v) is 1.86.